The number of halogens is 1. The first kappa shape index (κ1) is 15.7. The molecule has 1 aliphatic heterocycles. The number of pyridine rings is 1. The van der Waals surface area contributed by atoms with Gasteiger partial charge in [0.2, 0.25) is 0 Å². The molecule has 0 spiro atoms. The number of rotatable bonds is 2. The highest BCUT2D eigenvalue weighted by Gasteiger charge is 2.24. The minimum absolute atomic E-state index is 0.106. The number of nitrogens with zero attached hydrogens (tertiary/aromatic N) is 3. The fraction of sp³-hybridized carbons (Fsp3) is 0.278. The van der Waals surface area contributed by atoms with Crippen LogP contribution < -0.4 is 0 Å². The van der Waals surface area contributed by atoms with Crippen molar-refractivity contribution in [2.24, 2.45) is 0 Å². The number of hydrogen-bond donors (Lipinski definition) is 0. The number of amides is 1. The smallest absolute Gasteiger partial charge is 0.259 e. The number of fused-ring (bicyclic) bond motifs is 1. The Kier molecular flexibility index (Phi) is 3.93. The SMILES string of the molecule is Cc1noc2nc(-c3ccc(F)cc3)cc(C(=O)N3CCOCC3)c12. The summed E-state index contributed by atoms with van der Waals surface area (Å²) in [5.41, 5.74) is 2.65. The van der Waals surface area contributed by atoms with Gasteiger partial charge in [0.1, 0.15) is 5.82 Å². The minimum Gasteiger partial charge on any atom is -0.378 e. The van der Waals surface area contributed by atoms with Gasteiger partial charge in [-0.15, -0.1) is 0 Å². The largest absolute Gasteiger partial charge is 0.378 e. The summed E-state index contributed by atoms with van der Waals surface area (Å²) in [7, 11) is 0. The van der Waals surface area contributed by atoms with Crippen LogP contribution in [0.3, 0.4) is 0 Å². The molecule has 1 aromatic carbocycles. The lowest BCUT2D eigenvalue weighted by molar-refractivity contribution is 0.0304. The number of aromatic nitrogens is 2. The second kappa shape index (κ2) is 6.25. The molecule has 128 valence electrons. The molecule has 25 heavy (non-hydrogen) atoms. The molecule has 4 rings (SSSR count). The fourth-order valence-corrected chi connectivity index (χ4v) is 2.97. The summed E-state index contributed by atoms with van der Waals surface area (Å²) in [4.78, 5) is 19.2. The molecule has 1 fully saturated rings. The molecule has 0 N–H and O–H groups in total. The third kappa shape index (κ3) is 2.87. The summed E-state index contributed by atoms with van der Waals surface area (Å²) in [5, 5.41) is 4.55. The highest BCUT2D eigenvalue weighted by Crippen LogP contribution is 2.28. The first-order valence-corrected chi connectivity index (χ1v) is 8.03. The van der Waals surface area contributed by atoms with Crippen LogP contribution in [-0.2, 0) is 4.74 Å². The number of ether oxygens (including phenoxy) is 1. The maximum atomic E-state index is 13.2. The molecule has 7 heteroatoms. The molecule has 0 bridgehead atoms. The van der Waals surface area contributed by atoms with Crippen molar-refractivity contribution in [1.82, 2.24) is 15.0 Å². The number of benzene rings is 1. The van der Waals surface area contributed by atoms with E-state index in [0.717, 1.165) is 0 Å². The Balaban J connectivity index is 1.84. The third-order valence-corrected chi connectivity index (χ3v) is 4.29. The molecule has 1 saturated heterocycles. The molecule has 0 atom stereocenters. The Labute approximate surface area is 143 Å². The van der Waals surface area contributed by atoms with Crippen molar-refractivity contribution < 1.29 is 18.4 Å². The van der Waals surface area contributed by atoms with Crippen LogP contribution in [0, 0.1) is 12.7 Å². The highest BCUT2D eigenvalue weighted by molar-refractivity contribution is 6.07. The Hall–Kier alpha value is -2.80. The third-order valence-electron chi connectivity index (χ3n) is 4.29. The minimum atomic E-state index is -0.329. The van der Waals surface area contributed by atoms with E-state index in [1.54, 1.807) is 30.0 Å². The summed E-state index contributed by atoms with van der Waals surface area (Å²) in [5.74, 6) is -0.435. The summed E-state index contributed by atoms with van der Waals surface area (Å²) in [6.45, 7) is 3.90. The molecule has 6 nitrogen and oxygen atoms in total. The Morgan fingerprint density at radius 3 is 2.64 bits per heavy atom. The first-order valence-electron chi connectivity index (χ1n) is 8.03. The lowest BCUT2D eigenvalue weighted by atomic mass is 10.0. The van der Waals surface area contributed by atoms with Crippen molar-refractivity contribution in [1.29, 1.82) is 0 Å². The van der Waals surface area contributed by atoms with Gasteiger partial charge in [-0.3, -0.25) is 4.79 Å². The maximum Gasteiger partial charge on any atom is 0.259 e. The maximum absolute atomic E-state index is 13.2. The van der Waals surface area contributed by atoms with Crippen LogP contribution in [0.2, 0.25) is 0 Å². The van der Waals surface area contributed by atoms with E-state index in [2.05, 4.69) is 10.1 Å². The predicted octanol–water partition coefficient (Wildman–Crippen LogP) is 2.81. The van der Waals surface area contributed by atoms with Gasteiger partial charge in [-0.25, -0.2) is 9.37 Å². The van der Waals surface area contributed by atoms with Crippen molar-refractivity contribution in [2.45, 2.75) is 6.92 Å². The van der Waals surface area contributed by atoms with Gasteiger partial charge in [0, 0.05) is 18.7 Å². The molecular weight excluding hydrogens is 325 g/mol. The van der Waals surface area contributed by atoms with Gasteiger partial charge in [-0.1, -0.05) is 5.16 Å². The van der Waals surface area contributed by atoms with Gasteiger partial charge < -0.3 is 14.2 Å². The zero-order valence-electron chi connectivity index (χ0n) is 13.7. The lowest BCUT2D eigenvalue weighted by Crippen LogP contribution is -2.40. The fourth-order valence-electron chi connectivity index (χ4n) is 2.97. The monoisotopic (exact) mass is 341 g/mol. The van der Waals surface area contributed by atoms with E-state index in [0.29, 0.717) is 59.9 Å². The van der Waals surface area contributed by atoms with Crippen molar-refractivity contribution in [3.63, 3.8) is 0 Å². The standard InChI is InChI=1S/C18H16FN3O3/c1-11-16-14(18(23)22-6-8-24-9-7-22)10-15(20-17(16)25-21-11)12-2-4-13(19)5-3-12/h2-5,10H,6-9H2,1H3. The van der Waals surface area contributed by atoms with Crippen LogP contribution in [0.25, 0.3) is 22.4 Å². The number of carbonyl (C=O) groups is 1. The van der Waals surface area contributed by atoms with Crippen LogP contribution in [0.5, 0.6) is 0 Å². The number of morpholine rings is 1. The van der Waals surface area contributed by atoms with Crippen LogP contribution >= 0.6 is 0 Å². The molecule has 3 heterocycles. The van der Waals surface area contributed by atoms with Crippen molar-refractivity contribution >= 4 is 17.0 Å². The zero-order valence-corrected chi connectivity index (χ0v) is 13.7. The van der Waals surface area contributed by atoms with Crippen molar-refractivity contribution in [3.05, 3.63) is 47.4 Å². The topological polar surface area (TPSA) is 68.5 Å². The van der Waals surface area contributed by atoms with Gasteiger partial charge in [0.15, 0.2) is 0 Å². The normalized spacial score (nSPS) is 14.9. The molecule has 0 aliphatic carbocycles. The van der Waals surface area contributed by atoms with E-state index in [1.807, 2.05) is 0 Å². The van der Waals surface area contributed by atoms with Crippen LogP contribution in [-0.4, -0.2) is 47.3 Å². The second-order valence-corrected chi connectivity index (χ2v) is 5.91. The first-order chi connectivity index (χ1) is 12.1. The summed E-state index contributed by atoms with van der Waals surface area (Å²) in [6, 6.07) is 7.68. The van der Waals surface area contributed by atoms with Gasteiger partial charge in [0.25, 0.3) is 11.6 Å². The zero-order chi connectivity index (χ0) is 17.4. The van der Waals surface area contributed by atoms with Crippen molar-refractivity contribution in [3.8, 4) is 11.3 Å². The Morgan fingerprint density at radius 1 is 1.20 bits per heavy atom. The quantitative estimate of drug-likeness (QED) is 0.717. The van der Waals surface area contributed by atoms with E-state index >= 15 is 0 Å². The molecule has 0 radical (unpaired) electrons. The Morgan fingerprint density at radius 2 is 1.92 bits per heavy atom. The van der Waals surface area contributed by atoms with Gasteiger partial charge in [-0.05, 0) is 37.3 Å². The van der Waals surface area contributed by atoms with Gasteiger partial charge in [0.05, 0.1) is 35.6 Å². The lowest BCUT2D eigenvalue weighted by Gasteiger charge is -2.27. The van der Waals surface area contributed by atoms with Gasteiger partial charge >= 0.3 is 0 Å². The molecular formula is C18H16FN3O3. The Bertz CT molecular complexity index is 931. The second-order valence-electron chi connectivity index (χ2n) is 5.91. The van der Waals surface area contributed by atoms with Crippen LogP contribution in [0.1, 0.15) is 16.1 Å². The van der Waals surface area contributed by atoms with E-state index in [4.69, 9.17) is 9.26 Å². The average Bonchev–Trinajstić information content (AvgIpc) is 3.03. The molecule has 1 amide bonds. The van der Waals surface area contributed by atoms with E-state index < -0.39 is 0 Å². The highest BCUT2D eigenvalue weighted by atomic mass is 19.1. The number of carbonyl (C=O) groups excluding carboxylic acids is 1. The van der Waals surface area contributed by atoms with Crippen LogP contribution in [0.4, 0.5) is 4.39 Å². The summed E-state index contributed by atoms with van der Waals surface area (Å²) >= 11 is 0. The van der Waals surface area contributed by atoms with Crippen molar-refractivity contribution in [2.75, 3.05) is 26.3 Å². The summed E-state index contributed by atoms with van der Waals surface area (Å²) < 4.78 is 23.8. The predicted molar refractivity (Wildman–Crippen MR) is 88.7 cm³/mol. The number of hydrogen-bond acceptors (Lipinski definition) is 5. The molecule has 2 aromatic heterocycles. The molecule has 0 saturated carbocycles. The van der Waals surface area contributed by atoms with E-state index in [-0.39, 0.29) is 11.7 Å². The molecule has 3 aromatic rings. The average molecular weight is 341 g/mol. The summed E-state index contributed by atoms with van der Waals surface area (Å²) in [6.07, 6.45) is 0. The van der Waals surface area contributed by atoms with Gasteiger partial charge in [-0.2, -0.15) is 0 Å². The van der Waals surface area contributed by atoms with Crippen LogP contribution in [0.15, 0.2) is 34.9 Å². The van der Waals surface area contributed by atoms with E-state index in [9.17, 15) is 9.18 Å². The molecule has 1 aliphatic rings. The number of aryl methyl sites for hydroxylation is 1. The molecule has 0 unspecified atom stereocenters. The van der Waals surface area contributed by atoms with E-state index in [1.165, 1.54) is 12.1 Å².